The van der Waals surface area contributed by atoms with Gasteiger partial charge >= 0.3 is 0 Å². The van der Waals surface area contributed by atoms with Crippen LogP contribution in [0.5, 0.6) is 5.75 Å². The third-order valence-corrected chi connectivity index (χ3v) is 8.57. The first-order chi connectivity index (χ1) is 16.8. The van der Waals surface area contributed by atoms with Crippen LogP contribution in [0.2, 0.25) is 0 Å². The van der Waals surface area contributed by atoms with Gasteiger partial charge in [-0.2, -0.15) is 4.31 Å². The summed E-state index contributed by atoms with van der Waals surface area (Å²) in [7, 11) is -3.58. The molecule has 1 amide bonds. The summed E-state index contributed by atoms with van der Waals surface area (Å²) < 4.78 is 34.2. The zero-order valence-corrected chi connectivity index (χ0v) is 21.3. The van der Waals surface area contributed by atoms with Crippen molar-refractivity contribution >= 4 is 15.9 Å². The van der Waals surface area contributed by atoms with E-state index < -0.39 is 10.0 Å². The van der Waals surface area contributed by atoms with Gasteiger partial charge in [0.25, 0.3) is 5.91 Å². The smallest absolute Gasteiger partial charge is 0.255 e. The van der Waals surface area contributed by atoms with Crippen LogP contribution in [0.15, 0.2) is 71.6 Å². The highest BCUT2D eigenvalue weighted by atomic mass is 32.2. The van der Waals surface area contributed by atoms with Crippen molar-refractivity contribution in [2.75, 3.05) is 13.1 Å². The molecule has 0 aliphatic carbocycles. The largest absolute Gasteiger partial charge is 0.488 e. The molecule has 3 aromatic carbocycles. The van der Waals surface area contributed by atoms with E-state index in [1.165, 1.54) is 4.31 Å². The summed E-state index contributed by atoms with van der Waals surface area (Å²) >= 11 is 0. The second-order valence-electron chi connectivity index (χ2n) is 9.15. The number of amides is 1. The maximum absolute atomic E-state index is 13.3. The molecule has 0 unspecified atom stereocenters. The first kappa shape index (κ1) is 24.9. The van der Waals surface area contributed by atoms with E-state index >= 15 is 0 Å². The Hall–Kier alpha value is -3.16. The first-order valence-corrected chi connectivity index (χ1v) is 13.3. The minimum Gasteiger partial charge on any atom is -0.488 e. The summed E-state index contributed by atoms with van der Waals surface area (Å²) in [6.45, 7) is 6.77. The monoisotopic (exact) mass is 492 g/mol. The van der Waals surface area contributed by atoms with Gasteiger partial charge in [0, 0.05) is 19.1 Å². The SMILES string of the molecule is Cc1cc(C)c(S(=O)(=O)N2CCC(NC(=O)c3ccccc3OCc3ccccc3)CC2)c(C)c1. The van der Waals surface area contributed by atoms with Crippen LogP contribution in [0.25, 0.3) is 0 Å². The van der Waals surface area contributed by atoms with Crippen LogP contribution in [-0.4, -0.2) is 37.8 Å². The highest BCUT2D eigenvalue weighted by molar-refractivity contribution is 7.89. The Bertz CT molecular complexity index is 1270. The van der Waals surface area contributed by atoms with Crippen molar-refractivity contribution in [3.05, 3.63) is 94.5 Å². The van der Waals surface area contributed by atoms with Crippen molar-refractivity contribution in [1.29, 1.82) is 0 Å². The van der Waals surface area contributed by atoms with Gasteiger partial charge in [-0.25, -0.2) is 8.42 Å². The molecule has 1 saturated heterocycles. The maximum Gasteiger partial charge on any atom is 0.255 e. The number of hydrogen-bond acceptors (Lipinski definition) is 4. The van der Waals surface area contributed by atoms with Gasteiger partial charge in [-0.1, -0.05) is 60.2 Å². The van der Waals surface area contributed by atoms with Crippen molar-refractivity contribution in [2.24, 2.45) is 0 Å². The van der Waals surface area contributed by atoms with Gasteiger partial charge in [0.1, 0.15) is 12.4 Å². The van der Waals surface area contributed by atoms with E-state index in [9.17, 15) is 13.2 Å². The number of nitrogens with one attached hydrogen (secondary N) is 1. The molecule has 0 bridgehead atoms. The molecule has 1 heterocycles. The van der Waals surface area contributed by atoms with Crippen LogP contribution in [-0.2, 0) is 16.6 Å². The molecule has 1 aliphatic heterocycles. The van der Waals surface area contributed by atoms with Gasteiger partial charge in [-0.05, 0) is 62.4 Å². The van der Waals surface area contributed by atoms with E-state index in [0.717, 1.165) is 22.3 Å². The number of para-hydroxylation sites is 1. The summed E-state index contributed by atoms with van der Waals surface area (Å²) in [6, 6.07) is 20.7. The molecule has 1 aliphatic rings. The van der Waals surface area contributed by atoms with Crippen LogP contribution >= 0.6 is 0 Å². The summed E-state index contributed by atoms with van der Waals surface area (Å²) in [5.41, 5.74) is 4.09. The van der Waals surface area contributed by atoms with Crippen LogP contribution in [0.1, 0.15) is 45.5 Å². The summed E-state index contributed by atoms with van der Waals surface area (Å²) in [5, 5.41) is 3.08. The van der Waals surface area contributed by atoms with E-state index in [4.69, 9.17) is 4.74 Å². The van der Waals surface area contributed by atoms with Crippen molar-refractivity contribution in [3.8, 4) is 5.75 Å². The minimum absolute atomic E-state index is 0.101. The molecule has 3 aromatic rings. The molecule has 0 aromatic heterocycles. The van der Waals surface area contributed by atoms with Crippen molar-refractivity contribution in [3.63, 3.8) is 0 Å². The number of aryl methyl sites for hydroxylation is 3. The van der Waals surface area contributed by atoms with E-state index in [1.807, 2.05) is 75.4 Å². The average Bonchev–Trinajstić information content (AvgIpc) is 2.83. The number of carbonyl (C=O) groups excluding carboxylic acids is 1. The normalized spacial score (nSPS) is 15.1. The van der Waals surface area contributed by atoms with Gasteiger partial charge in [-0.15, -0.1) is 0 Å². The Morgan fingerprint density at radius 3 is 2.20 bits per heavy atom. The number of hydrogen-bond donors (Lipinski definition) is 1. The lowest BCUT2D eigenvalue weighted by atomic mass is 10.1. The van der Waals surface area contributed by atoms with Gasteiger partial charge in [0.05, 0.1) is 10.5 Å². The molecule has 184 valence electrons. The molecule has 0 atom stereocenters. The molecule has 1 fully saturated rings. The fourth-order valence-corrected chi connectivity index (χ4v) is 6.60. The Labute approximate surface area is 208 Å². The van der Waals surface area contributed by atoms with Gasteiger partial charge in [0.2, 0.25) is 10.0 Å². The summed E-state index contributed by atoms with van der Waals surface area (Å²) in [4.78, 5) is 13.4. The second kappa shape index (κ2) is 10.6. The number of carbonyl (C=O) groups is 1. The number of benzene rings is 3. The van der Waals surface area contributed by atoms with E-state index in [1.54, 1.807) is 12.1 Å². The fraction of sp³-hybridized carbons (Fsp3) is 0.321. The molecule has 0 radical (unpaired) electrons. The highest BCUT2D eigenvalue weighted by Crippen LogP contribution is 2.28. The number of nitrogens with zero attached hydrogens (tertiary/aromatic N) is 1. The van der Waals surface area contributed by atoms with Crippen molar-refractivity contribution < 1.29 is 17.9 Å². The lowest BCUT2D eigenvalue weighted by molar-refractivity contribution is 0.0919. The average molecular weight is 493 g/mol. The third kappa shape index (κ3) is 5.74. The fourth-order valence-electron chi connectivity index (χ4n) is 4.72. The van der Waals surface area contributed by atoms with Gasteiger partial charge in [0.15, 0.2) is 0 Å². The summed E-state index contributed by atoms with van der Waals surface area (Å²) in [6.07, 6.45) is 1.12. The molecule has 0 spiro atoms. The van der Waals surface area contributed by atoms with Gasteiger partial charge < -0.3 is 10.1 Å². The number of sulfonamides is 1. The highest BCUT2D eigenvalue weighted by Gasteiger charge is 2.32. The third-order valence-electron chi connectivity index (χ3n) is 6.36. The van der Waals surface area contributed by atoms with E-state index in [-0.39, 0.29) is 11.9 Å². The molecule has 6 nitrogen and oxygen atoms in total. The molecule has 1 N–H and O–H groups in total. The van der Waals surface area contributed by atoms with Crippen molar-refractivity contribution in [2.45, 2.75) is 51.2 Å². The predicted molar refractivity (Wildman–Crippen MR) is 137 cm³/mol. The van der Waals surface area contributed by atoms with Crippen molar-refractivity contribution in [1.82, 2.24) is 9.62 Å². The molecule has 7 heteroatoms. The Morgan fingerprint density at radius 1 is 0.943 bits per heavy atom. The van der Waals surface area contributed by atoms with Crippen LogP contribution in [0.4, 0.5) is 0 Å². The maximum atomic E-state index is 13.3. The first-order valence-electron chi connectivity index (χ1n) is 11.9. The van der Waals surface area contributed by atoms with Crippen LogP contribution < -0.4 is 10.1 Å². The summed E-state index contributed by atoms with van der Waals surface area (Å²) in [5.74, 6) is 0.319. The lowest BCUT2D eigenvalue weighted by Gasteiger charge is -2.32. The number of rotatable bonds is 7. The Morgan fingerprint density at radius 2 is 1.54 bits per heavy atom. The Balaban J connectivity index is 1.39. The minimum atomic E-state index is -3.58. The zero-order valence-electron chi connectivity index (χ0n) is 20.5. The zero-order chi connectivity index (χ0) is 25.0. The standard InChI is InChI=1S/C28H32N2O4S/c1-20-17-21(2)27(22(3)18-20)35(32,33)30-15-13-24(14-16-30)29-28(31)25-11-7-8-12-26(25)34-19-23-9-5-4-6-10-23/h4-12,17-18,24H,13-16,19H2,1-3H3,(H,29,31). The van der Waals surface area contributed by atoms with Crippen LogP contribution in [0.3, 0.4) is 0 Å². The quantitative estimate of drug-likeness (QED) is 0.515. The van der Waals surface area contributed by atoms with Gasteiger partial charge in [-0.3, -0.25) is 4.79 Å². The van der Waals surface area contributed by atoms with E-state index in [0.29, 0.717) is 48.7 Å². The Kier molecular flexibility index (Phi) is 7.57. The predicted octanol–water partition coefficient (Wildman–Crippen LogP) is 4.77. The lowest BCUT2D eigenvalue weighted by Crippen LogP contribution is -2.46. The van der Waals surface area contributed by atoms with E-state index in [2.05, 4.69) is 5.32 Å². The molecule has 0 saturated carbocycles. The topological polar surface area (TPSA) is 75.7 Å². The molecular weight excluding hydrogens is 460 g/mol. The number of piperidine rings is 1. The second-order valence-corrected chi connectivity index (χ2v) is 11.0. The molecule has 4 rings (SSSR count). The number of ether oxygens (including phenoxy) is 1. The molecular formula is C28H32N2O4S. The molecule has 35 heavy (non-hydrogen) atoms. The van der Waals surface area contributed by atoms with Crippen LogP contribution in [0, 0.1) is 20.8 Å².